The summed E-state index contributed by atoms with van der Waals surface area (Å²) in [6, 6.07) is -0.469. The van der Waals surface area contributed by atoms with Gasteiger partial charge in [0, 0.05) is 13.6 Å². The van der Waals surface area contributed by atoms with Crippen LogP contribution in [0.1, 0.15) is 19.3 Å². The molecule has 1 saturated carbocycles. The average Bonchev–Trinajstić information content (AvgIpc) is 2.19. The highest BCUT2D eigenvalue weighted by Crippen LogP contribution is 2.26. The lowest BCUT2D eigenvalue weighted by molar-refractivity contribution is -0.138. The van der Waals surface area contributed by atoms with E-state index >= 15 is 0 Å². The second kappa shape index (κ2) is 6.23. The molecule has 0 aliphatic heterocycles. The second-order valence-corrected chi connectivity index (χ2v) is 4.68. The number of carboxylic acids is 1. The third-order valence-corrected chi connectivity index (χ3v) is 3.03. The molecule has 0 spiro atoms. The van der Waals surface area contributed by atoms with Gasteiger partial charge < -0.3 is 20.6 Å². The summed E-state index contributed by atoms with van der Waals surface area (Å²) in [4.78, 5) is 35.8. The van der Waals surface area contributed by atoms with Gasteiger partial charge in [0.2, 0.25) is 5.91 Å². The topological polar surface area (TPSA) is 104 Å². The van der Waals surface area contributed by atoms with E-state index in [4.69, 9.17) is 10.8 Å². The summed E-state index contributed by atoms with van der Waals surface area (Å²) in [5, 5.41) is 8.70. The SMILES string of the molecule is CN(CC1CCC1)C(=O)N(CC(N)=O)CC(=O)O. The molecule has 0 saturated heterocycles. The van der Waals surface area contributed by atoms with E-state index in [1.54, 1.807) is 7.05 Å². The summed E-state index contributed by atoms with van der Waals surface area (Å²) in [6.07, 6.45) is 3.35. The van der Waals surface area contributed by atoms with Crippen LogP contribution in [0.5, 0.6) is 0 Å². The lowest BCUT2D eigenvalue weighted by atomic mass is 9.85. The maximum absolute atomic E-state index is 12.0. The molecule has 0 bridgehead atoms. The van der Waals surface area contributed by atoms with Crippen LogP contribution in [0, 0.1) is 5.92 Å². The van der Waals surface area contributed by atoms with Gasteiger partial charge >= 0.3 is 12.0 Å². The molecule has 18 heavy (non-hydrogen) atoms. The third-order valence-electron chi connectivity index (χ3n) is 3.03. The highest BCUT2D eigenvalue weighted by Gasteiger charge is 2.26. The lowest BCUT2D eigenvalue weighted by Gasteiger charge is -2.32. The van der Waals surface area contributed by atoms with E-state index < -0.39 is 24.5 Å². The minimum Gasteiger partial charge on any atom is -0.480 e. The number of hydrogen-bond acceptors (Lipinski definition) is 3. The molecule has 7 heteroatoms. The fourth-order valence-corrected chi connectivity index (χ4v) is 1.92. The summed E-state index contributed by atoms with van der Waals surface area (Å²) in [7, 11) is 1.61. The number of primary amides is 1. The Kier molecular flexibility index (Phi) is 4.94. The second-order valence-electron chi connectivity index (χ2n) is 4.68. The maximum Gasteiger partial charge on any atom is 0.323 e. The van der Waals surface area contributed by atoms with Crippen LogP contribution < -0.4 is 5.73 Å². The van der Waals surface area contributed by atoms with Crippen molar-refractivity contribution in [3.8, 4) is 0 Å². The fourth-order valence-electron chi connectivity index (χ4n) is 1.92. The Balaban J connectivity index is 2.55. The first-order valence-corrected chi connectivity index (χ1v) is 5.90. The number of nitrogens with zero attached hydrogens (tertiary/aromatic N) is 2. The zero-order valence-corrected chi connectivity index (χ0v) is 10.5. The minimum absolute atomic E-state index is 0.375. The molecule has 3 amide bonds. The van der Waals surface area contributed by atoms with Crippen LogP contribution in [0.3, 0.4) is 0 Å². The Morgan fingerprint density at radius 1 is 1.28 bits per heavy atom. The summed E-state index contributed by atoms with van der Waals surface area (Å²) in [6.45, 7) is -0.301. The maximum atomic E-state index is 12.0. The van der Waals surface area contributed by atoms with Crippen molar-refractivity contribution in [1.29, 1.82) is 0 Å². The molecule has 102 valence electrons. The Bertz CT molecular complexity index is 325. The quantitative estimate of drug-likeness (QED) is 0.682. The summed E-state index contributed by atoms with van der Waals surface area (Å²) < 4.78 is 0. The van der Waals surface area contributed by atoms with Gasteiger partial charge in [-0.15, -0.1) is 0 Å². The van der Waals surface area contributed by atoms with Gasteiger partial charge in [0.25, 0.3) is 0 Å². The molecule has 1 fully saturated rings. The van der Waals surface area contributed by atoms with E-state index in [2.05, 4.69) is 0 Å². The number of carboxylic acid groups (broad SMARTS) is 1. The van der Waals surface area contributed by atoms with Crippen LogP contribution in [0.4, 0.5) is 4.79 Å². The number of carbonyl (C=O) groups is 3. The molecule has 3 N–H and O–H groups in total. The number of urea groups is 1. The number of aliphatic carboxylic acids is 1. The number of carbonyl (C=O) groups excluding carboxylic acids is 2. The molecule has 0 aromatic heterocycles. The van der Waals surface area contributed by atoms with Crippen molar-refractivity contribution in [2.24, 2.45) is 11.7 Å². The molecule has 0 atom stereocenters. The first kappa shape index (κ1) is 14.3. The monoisotopic (exact) mass is 257 g/mol. The van der Waals surface area contributed by atoms with E-state index in [0.29, 0.717) is 12.5 Å². The number of rotatable bonds is 6. The average molecular weight is 257 g/mol. The predicted molar refractivity (Wildman–Crippen MR) is 63.8 cm³/mol. The van der Waals surface area contributed by atoms with E-state index in [9.17, 15) is 14.4 Å². The summed E-state index contributed by atoms with van der Waals surface area (Å²) >= 11 is 0. The van der Waals surface area contributed by atoms with Crippen LogP contribution in [0.15, 0.2) is 0 Å². The summed E-state index contributed by atoms with van der Waals surface area (Å²) in [5.41, 5.74) is 5.00. The Morgan fingerprint density at radius 3 is 2.28 bits per heavy atom. The van der Waals surface area contributed by atoms with Gasteiger partial charge in [-0.1, -0.05) is 6.42 Å². The standard InChI is InChI=1S/C11H19N3O4/c1-13(5-8-3-2-4-8)11(18)14(6-9(12)15)7-10(16)17/h8H,2-7H2,1H3,(H2,12,15)(H,16,17). The highest BCUT2D eigenvalue weighted by molar-refractivity contribution is 5.85. The van der Waals surface area contributed by atoms with Gasteiger partial charge in [-0.3, -0.25) is 9.59 Å². The molecule has 7 nitrogen and oxygen atoms in total. The Labute approximate surface area is 106 Å². The molecule has 0 heterocycles. The lowest BCUT2D eigenvalue weighted by Crippen LogP contribution is -2.48. The summed E-state index contributed by atoms with van der Waals surface area (Å²) in [5.74, 6) is -1.40. The van der Waals surface area contributed by atoms with Gasteiger partial charge in [-0.25, -0.2) is 4.79 Å². The smallest absolute Gasteiger partial charge is 0.323 e. The van der Waals surface area contributed by atoms with Crippen molar-refractivity contribution >= 4 is 17.9 Å². The van der Waals surface area contributed by atoms with Gasteiger partial charge in [-0.05, 0) is 18.8 Å². The third kappa shape index (κ3) is 4.23. The zero-order chi connectivity index (χ0) is 13.7. The van der Waals surface area contributed by atoms with Gasteiger partial charge in [0.1, 0.15) is 13.1 Å². The Morgan fingerprint density at radius 2 is 1.89 bits per heavy atom. The molecule has 1 rings (SSSR count). The number of amides is 3. The zero-order valence-electron chi connectivity index (χ0n) is 10.5. The van der Waals surface area contributed by atoms with Crippen molar-refractivity contribution in [2.75, 3.05) is 26.7 Å². The number of nitrogens with two attached hydrogens (primary N) is 1. The van der Waals surface area contributed by atoms with Crippen molar-refractivity contribution in [1.82, 2.24) is 9.80 Å². The van der Waals surface area contributed by atoms with Crippen molar-refractivity contribution in [3.63, 3.8) is 0 Å². The molecule has 1 aliphatic rings. The van der Waals surface area contributed by atoms with Crippen LogP contribution in [-0.4, -0.2) is 59.5 Å². The van der Waals surface area contributed by atoms with E-state index in [0.717, 1.165) is 17.7 Å². The molecule has 0 unspecified atom stereocenters. The minimum atomic E-state index is -1.17. The normalized spacial score (nSPS) is 14.7. The predicted octanol–water partition coefficient (Wildman–Crippen LogP) is -0.290. The molecule has 0 aromatic rings. The van der Waals surface area contributed by atoms with Gasteiger partial charge in [0.15, 0.2) is 0 Å². The molecular weight excluding hydrogens is 238 g/mol. The van der Waals surface area contributed by atoms with Crippen LogP contribution in [0.2, 0.25) is 0 Å². The van der Waals surface area contributed by atoms with Crippen molar-refractivity contribution < 1.29 is 19.5 Å². The van der Waals surface area contributed by atoms with E-state index in [-0.39, 0.29) is 6.54 Å². The molecule has 0 radical (unpaired) electrons. The first-order chi connectivity index (χ1) is 8.40. The van der Waals surface area contributed by atoms with E-state index in [1.165, 1.54) is 11.3 Å². The number of hydrogen-bond donors (Lipinski definition) is 2. The molecule has 0 aromatic carbocycles. The van der Waals surface area contributed by atoms with Crippen molar-refractivity contribution in [3.05, 3.63) is 0 Å². The van der Waals surface area contributed by atoms with Crippen molar-refractivity contribution in [2.45, 2.75) is 19.3 Å². The molecular formula is C11H19N3O4. The first-order valence-electron chi connectivity index (χ1n) is 5.90. The van der Waals surface area contributed by atoms with E-state index in [1.807, 2.05) is 0 Å². The largest absolute Gasteiger partial charge is 0.480 e. The van der Waals surface area contributed by atoms with Gasteiger partial charge in [0.05, 0.1) is 0 Å². The highest BCUT2D eigenvalue weighted by atomic mass is 16.4. The fraction of sp³-hybridized carbons (Fsp3) is 0.727. The van der Waals surface area contributed by atoms with Crippen LogP contribution in [-0.2, 0) is 9.59 Å². The molecule has 1 aliphatic carbocycles. The Hall–Kier alpha value is -1.79. The van der Waals surface area contributed by atoms with Crippen LogP contribution in [0.25, 0.3) is 0 Å². The van der Waals surface area contributed by atoms with Crippen LogP contribution >= 0.6 is 0 Å². The van der Waals surface area contributed by atoms with Gasteiger partial charge in [-0.2, -0.15) is 0 Å².